The van der Waals surface area contributed by atoms with Crippen molar-refractivity contribution in [3.63, 3.8) is 0 Å². The number of nitrogen functional groups attached to an aromatic ring is 1. The number of halogens is 6. The molecule has 2 aromatic heterocycles. The lowest BCUT2D eigenvalue weighted by Gasteiger charge is -2.35. The van der Waals surface area contributed by atoms with Crippen LogP contribution in [0.1, 0.15) is 44.6 Å². The summed E-state index contributed by atoms with van der Waals surface area (Å²) < 4.78 is 100.0. The summed E-state index contributed by atoms with van der Waals surface area (Å²) in [5.74, 6) is -2.84. The second-order valence-electron chi connectivity index (χ2n) is 12.4. The predicted molar refractivity (Wildman–Crippen MR) is 154 cm³/mol. The summed E-state index contributed by atoms with van der Waals surface area (Å²) in [7, 11) is 0. The molecule has 3 aromatic rings. The molecule has 0 spiro atoms. The molecule has 3 N–H and O–H groups in total. The van der Waals surface area contributed by atoms with E-state index in [4.69, 9.17) is 15.2 Å². The number of rotatable bonds is 7. The van der Waals surface area contributed by atoms with E-state index >= 15 is 4.39 Å². The van der Waals surface area contributed by atoms with Gasteiger partial charge in [0.15, 0.2) is 5.82 Å². The molecule has 242 valence electrons. The number of nitrogens with two attached hydrogens (primary N) is 1. The number of hydrogen-bond donors (Lipinski definition) is 2. The maximum atomic E-state index is 16.6. The average molecular weight is 638 g/mol. The molecule has 0 aliphatic carbocycles. The first-order valence-electron chi connectivity index (χ1n) is 15.2. The number of benzene rings is 1. The quantitative estimate of drug-likeness (QED) is 0.278. The fourth-order valence-electron chi connectivity index (χ4n) is 7.54. The molecule has 9 nitrogen and oxygen atoms in total. The Labute approximate surface area is 255 Å². The number of nitrogens with one attached hydrogen (secondary N) is 1. The Balaban J connectivity index is 1.41. The Bertz CT molecular complexity index is 1630. The van der Waals surface area contributed by atoms with Gasteiger partial charge in [0.1, 0.15) is 46.6 Å². The molecule has 4 saturated heterocycles. The van der Waals surface area contributed by atoms with Crippen molar-refractivity contribution < 1.29 is 35.8 Å². The lowest BCUT2D eigenvalue weighted by molar-refractivity contribution is -0.139. The van der Waals surface area contributed by atoms with Crippen LogP contribution in [0.15, 0.2) is 12.1 Å². The average Bonchev–Trinajstić information content (AvgIpc) is 3.62. The molecule has 4 aliphatic rings. The summed E-state index contributed by atoms with van der Waals surface area (Å²) in [4.78, 5) is 17.2. The van der Waals surface area contributed by atoms with Crippen molar-refractivity contribution in [3.05, 3.63) is 29.3 Å². The Morgan fingerprint density at radius 3 is 2.53 bits per heavy atom. The van der Waals surface area contributed by atoms with Gasteiger partial charge in [-0.05, 0) is 51.3 Å². The van der Waals surface area contributed by atoms with Gasteiger partial charge < -0.3 is 25.4 Å². The molecule has 7 rings (SSSR count). The van der Waals surface area contributed by atoms with E-state index in [2.05, 4.69) is 25.2 Å². The maximum Gasteiger partial charge on any atom is 0.419 e. The summed E-state index contributed by atoms with van der Waals surface area (Å²) in [5.41, 5.74) is 1.02. The van der Waals surface area contributed by atoms with E-state index in [0.29, 0.717) is 32.1 Å². The Morgan fingerprint density at radius 1 is 1.07 bits per heavy atom. The highest BCUT2D eigenvalue weighted by molar-refractivity contribution is 5.97. The van der Waals surface area contributed by atoms with Gasteiger partial charge in [0, 0.05) is 49.4 Å². The molecule has 4 atom stereocenters. The fourth-order valence-corrected chi connectivity index (χ4v) is 7.54. The number of nitrogens with zero attached hydrogens (tertiary/aromatic N) is 5. The minimum absolute atomic E-state index is 0.0395. The Hall–Kier alpha value is -3.59. The third-order valence-electron chi connectivity index (χ3n) is 9.39. The fraction of sp³-hybridized carbons (Fsp3) is 0.567. The van der Waals surface area contributed by atoms with Gasteiger partial charge in [-0.25, -0.2) is 18.2 Å². The standard InChI is InChI=1S/C30H33F6N7O2/c1-2-44-27-21-25(23(33)24(39-27)19-8-16(37)9-20(32)22(19)30(34,35)36)40-28(41-26(21)42-12-17-4-5-18(13-42)38-17)45-14-29-6-3-7-43(29)11-15(31)10-29/h8-9,15,17-18,38H,2-7,10-14,37H2,1H3/t15-,17?,18?,29+/m1/s1. The van der Waals surface area contributed by atoms with Gasteiger partial charge in [0.05, 0.1) is 12.1 Å². The minimum atomic E-state index is -5.19. The summed E-state index contributed by atoms with van der Waals surface area (Å²) in [6.07, 6.45) is -2.43. The number of pyridine rings is 1. The molecule has 6 heterocycles. The monoisotopic (exact) mass is 637 g/mol. The summed E-state index contributed by atoms with van der Waals surface area (Å²) >= 11 is 0. The van der Waals surface area contributed by atoms with E-state index in [1.165, 1.54) is 0 Å². The lowest BCUT2D eigenvalue weighted by atomic mass is 9.95. The zero-order valence-electron chi connectivity index (χ0n) is 24.6. The first-order valence-corrected chi connectivity index (χ1v) is 15.2. The SMILES string of the molecule is CCOc1nc(-c2cc(N)cc(F)c2C(F)(F)F)c(F)c2nc(OC[C@@]34CCCN3C[C@H](F)C4)nc(N3CC4CCC(C3)N4)c12. The van der Waals surface area contributed by atoms with Gasteiger partial charge >= 0.3 is 12.2 Å². The van der Waals surface area contributed by atoms with Crippen molar-refractivity contribution in [2.75, 3.05) is 50.0 Å². The molecule has 4 fully saturated rings. The number of alkyl halides is 4. The summed E-state index contributed by atoms with van der Waals surface area (Å²) in [6.45, 7) is 3.83. The zero-order chi connectivity index (χ0) is 31.7. The number of ether oxygens (including phenoxy) is 2. The third-order valence-corrected chi connectivity index (χ3v) is 9.39. The van der Waals surface area contributed by atoms with Crippen LogP contribution in [0.3, 0.4) is 0 Å². The molecular weight excluding hydrogens is 604 g/mol. The van der Waals surface area contributed by atoms with Gasteiger partial charge in [0.2, 0.25) is 5.88 Å². The van der Waals surface area contributed by atoms with Gasteiger partial charge in [0.25, 0.3) is 0 Å². The summed E-state index contributed by atoms with van der Waals surface area (Å²) in [6, 6.07) is 1.45. The van der Waals surface area contributed by atoms with Gasteiger partial charge in [-0.2, -0.15) is 23.1 Å². The van der Waals surface area contributed by atoms with Gasteiger partial charge in [-0.3, -0.25) is 4.90 Å². The molecule has 15 heteroatoms. The van der Waals surface area contributed by atoms with Crippen LogP contribution in [0.2, 0.25) is 0 Å². The molecule has 45 heavy (non-hydrogen) atoms. The van der Waals surface area contributed by atoms with Crippen LogP contribution >= 0.6 is 0 Å². The summed E-state index contributed by atoms with van der Waals surface area (Å²) in [5, 5.41) is 3.59. The van der Waals surface area contributed by atoms with Crippen molar-refractivity contribution in [3.8, 4) is 23.1 Å². The predicted octanol–water partition coefficient (Wildman–Crippen LogP) is 4.87. The van der Waals surface area contributed by atoms with Gasteiger partial charge in [-0.1, -0.05) is 0 Å². The minimum Gasteiger partial charge on any atom is -0.477 e. The second kappa shape index (κ2) is 11.0. The number of anilines is 2. The lowest BCUT2D eigenvalue weighted by Crippen LogP contribution is -2.51. The van der Waals surface area contributed by atoms with Crippen LogP contribution in [0, 0.1) is 11.6 Å². The normalized spacial score (nSPS) is 26.6. The number of piperazine rings is 1. The number of hydrogen-bond acceptors (Lipinski definition) is 9. The molecule has 2 bridgehead atoms. The van der Waals surface area contributed by atoms with Crippen LogP contribution in [-0.4, -0.2) is 83.0 Å². The van der Waals surface area contributed by atoms with Gasteiger partial charge in [-0.15, -0.1) is 0 Å². The van der Waals surface area contributed by atoms with Crippen molar-refractivity contribution in [1.82, 2.24) is 25.2 Å². The topological polar surface area (TPSA) is 102 Å². The largest absolute Gasteiger partial charge is 0.477 e. The number of aromatic nitrogens is 3. The molecule has 0 saturated carbocycles. The van der Waals surface area contributed by atoms with Crippen molar-refractivity contribution in [1.29, 1.82) is 0 Å². The van der Waals surface area contributed by atoms with Crippen LogP contribution in [0.25, 0.3) is 22.2 Å². The van der Waals surface area contributed by atoms with E-state index in [1.807, 2.05) is 4.90 Å². The van der Waals surface area contributed by atoms with Crippen LogP contribution in [0.5, 0.6) is 11.9 Å². The van der Waals surface area contributed by atoms with Crippen molar-refractivity contribution in [2.24, 2.45) is 0 Å². The van der Waals surface area contributed by atoms with Crippen LogP contribution in [-0.2, 0) is 6.18 Å². The molecule has 2 unspecified atom stereocenters. The number of fused-ring (bicyclic) bond motifs is 4. The molecule has 1 aromatic carbocycles. The van der Waals surface area contributed by atoms with Crippen molar-refractivity contribution >= 4 is 22.4 Å². The van der Waals surface area contributed by atoms with E-state index in [9.17, 15) is 22.0 Å². The highest BCUT2D eigenvalue weighted by atomic mass is 19.4. The second-order valence-corrected chi connectivity index (χ2v) is 12.4. The zero-order valence-corrected chi connectivity index (χ0v) is 24.6. The van der Waals surface area contributed by atoms with Crippen LogP contribution in [0.4, 0.5) is 37.8 Å². The Morgan fingerprint density at radius 2 is 1.82 bits per heavy atom. The Kier molecular flexibility index (Phi) is 7.38. The highest BCUT2D eigenvalue weighted by Gasteiger charge is 2.49. The third kappa shape index (κ3) is 5.27. The molecule has 0 amide bonds. The molecular formula is C30H33F6N7O2. The molecule has 4 aliphatic heterocycles. The first kappa shape index (κ1) is 30.1. The van der Waals surface area contributed by atoms with Crippen LogP contribution < -0.4 is 25.4 Å². The smallest absolute Gasteiger partial charge is 0.419 e. The molecule has 0 radical (unpaired) electrons. The first-order chi connectivity index (χ1) is 21.5. The maximum absolute atomic E-state index is 16.6. The van der Waals surface area contributed by atoms with E-state index in [0.717, 1.165) is 31.9 Å². The van der Waals surface area contributed by atoms with E-state index in [-0.39, 0.29) is 66.0 Å². The highest BCUT2D eigenvalue weighted by Crippen LogP contribution is 2.45. The van der Waals surface area contributed by atoms with Crippen molar-refractivity contribution in [2.45, 2.75) is 69.0 Å². The van der Waals surface area contributed by atoms with E-state index < -0.39 is 46.3 Å². The van der Waals surface area contributed by atoms with E-state index in [1.54, 1.807) is 6.92 Å².